The number of nitrogens with zero attached hydrogens (tertiary/aromatic N) is 4. The molecule has 0 heterocycles. The summed E-state index contributed by atoms with van der Waals surface area (Å²) in [4.78, 5) is 38.5. The molecule has 0 aliphatic heterocycles. The van der Waals surface area contributed by atoms with E-state index < -0.39 is 0 Å². The Balaban J connectivity index is 1.74. The first-order chi connectivity index (χ1) is 17.3. The predicted molar refractivity (Wildman–Crippen MR) is 136 cm³/mol. The Bertz CT molecular complexity index is 1370. The lowest BCUT2D eigenvalue weighted by atomic mass is 10.0. The molecule has 0 saturated heterocycles. The van der Waals surface area contributed by atoms with Gasteiger partial charge in [-0.1, -0.05) is 72.8 Å². The van der Waals surface area contributed by atoms with Crippen molar-refractivity contribution in [3.8, 4) is 0 Å². The van der Waals surface area contributed by atoms with Gasteiger partial charge in [0.25, 0.3) is 0 Å². The van der Waals surface area contributed by atoms with Gasteiger partial charge in [-0.3, -0.25) is 0 Å². The third kappa shape index (κ3) is 6.08. The number of rotatable bonds is 8. The van der Waals surface area contributed by atoms with Gasteiger partial charge >= 0.3 is 0 Å². The van der Waals surface area contributed by atoms with E-state index in [4.69, 9.17) is 0 Å². The molecule has 0 unspecified atom stereocenters. The van der Waals surface area contributed by atoms with E-state index >= 15 is 0 Å². The second-order valence-electron chi connectivity index (χ2n) is 7.60. The van der Waals surface area contributed by atoms with Crippen molar-refractivity contribution >= 4 is 40.9 Å². The molecule has 0 aliphatic carbocycles. The van der Waals surface area contributed by atoms with Crippen LogP contribution in [0.5, 0.6) is 0 Å². The van der Waals surface area contributed by atoms with Crippen molar-refractivity contribution < 1.29 is 9.59 Å². The zero-order valence-corrected chi connectivity index (χ0v) is 18.8. The Morgan fingerprint density at radius 2 is 0.829 bits per heavy atom. The average Bonchev–Trinajstić information content (AvgIpc) is 2.89. The van der Waals surface area contributed by atoms with Crippen LogP contribution < -0.4 is 0 Å². The Hall–Kier alpha value is -4.98. The smallest absolute Gasteiger partial charge is 0.211 e. The van der Waals surface area contributed by atoms with E-state index in [-0.39, 0.29) is 0 Å². The summed E-state index contributed by atoms with van der Waals surface area (Å²) in [5.41, 5.74) is 5.85. The van der Waals surface area contributed by atoms with Crippen LogP contribution in [0.1, 0.15) is 22.3 Å². The number of isocyanates is 2. The van der Waals surface area contributed by atoms with E-state index in [0.717, 1.165) is 22.3 Å². The topological polar surface area (TPSA) is 83.6 Å². The second-order valence-corrected chi connectivity index (χ2v) is 7.60. The van der Waals surface area contributed by atoms with Crippen molar-refractivity contribution in [1.29, 1.82) is 0 Å². The van der Waals surface area contributed by atoms with Gasteiger partial charge in [-0.25, -0.2) is 9.59 Å². The molecule has 0 aliphatic rings. The lowest BCUT2D eigenvalue weighted by molar-refractivity contribution is 0.564. The quantitative estimate of drug-likeness (QED) is 0.212. The molecule has 6 nitrogen and oxygen atoms in total. The molecule has 0 bridgehead atoms. The van der Waals surface area contributed by atoms with Crippen LogP contribution in [0.25, 0.3) is 0 Å². The van der Waals surface area contributed by atoms with E-state index in [1.807, 2.05) is 72.8 Å². The van der Waals surface area contributed by atoms with Gasteiger partial charge in [-0.15, -0.1) is 0 Å². The Morgan fingerprint density at radius 1 is 0.457 bits per heavy atom. The maximum absolute atomic E-state index is 11.0. The van der Waals surface area contributed by atoms with Crippen LogP contribution in [-0.2, 0) is 22.4 Å². The van der Waals surface area contributed by atoms with Crippen molar-refractivity contribution in [1.82, 2.24) is 0 Å². The van der Waals surface area contributed by atoms with Crippen LogP contribution in [0.4, 0.5) is 22.7 Å². The Labute approximate surface area is 202 Å². The monoisotopic (exact) mass is 456 g/mol. The van der Waals surface area contributed by atoms with Crippen LogP contribution >= 0.6 is 0 Å². The first-order valence-corrected chi connectivity index (χ1v) is 10.9. The van der Waals surface area contributed by atoms with Gasteiger partial charge in [0.1, 0.15) is 6.01 Å². The third-order valence-electron chi connectivity index (χ3n) is 5.37. The molecule has 0 amide bonds. The van der Waals surface area contributed by atoms with Gasteiger partial charge in [0.15, 0.2) is 0 Å². The molecule has 6 heteroatoms. The normalized spacial score (nSPS) is 9.83. The summed E-state index contributed by atoms with van der Waals surface area (Å²) in [6.07, 6.45) is 4.30. The standard InChI is InChI=1S/C29H20N4O2/c34-20-32-28-15-7-13-26(24(28)17-22-9-3-1-4-10-22)30-19-31-27-14-8-16-29(33-21-35)25(27)18-23-11-5-2-6-12-23/h1-16H,17-18H2. The highest BCUT2D eigenvalue weighted by Crippen LogP contribution is 2.33. The first kappa shape index (κ1) is 23.2. The maximum atomic E-state index is 11.0. The Kier molecular flexibility index (Phi) is 7.79. The molecule has 0 radical (unpaired) electrons. The maximum Gasteiger partial charge on any atom is 0.240 e. The molecule has 35 heavy (non-hydrogen) atoms. The minimum atomic E-state index is 0.499. The van der Waals surface area contributed by atoms with E-state index in [2.05, 4.69) is 26.0 Å². The zero-order valence-electron chi connectivity index (χ0n) is 18.8. The highest BCUT2D eigenvalue weighted by Gasteiger charge is 2.10. The number of carbonyl (C=O) groups excluding carboxylic acids is 2. The molecule has 4 aromatic rings. The van der Waals surface area contributed by atoms with E-state index in [1.54, 1.807) is 36.4 Å². The largest absolute Gasteiger partial charge is 0.240 e. The summed E-state index contributed by atoms with van der Waals surface area (Å²) in [6.45, 7) is 0. The van der Waals surface area contributed by atoms with Crippen molar-refractivity contribution in [2.75, 3.05) is 0 Å². The van der Waals surface area contributed by atoms with E-state index in [9.17, 15) is 9.59 Å². The first-order valence-electron chi connectivity index (χ1n) is 10.9. The second kappa shape index (κ2) is 11.8. The van der Waals surface area contributed by atoms with Crippen molar-refractivity contribution in [3.05, 3.63) is 119 Å². The minimum Gasteiger partial charge on any atom is -0.211 e. The van der Waals surface area contributed by atoms with Gasteiger partial charge in [0.05, 0.1) is 22.7 Å². The third-order valence-corrected chi connectivity index (χ3v) is 5.37. The molecule has 4 aromatic carbocycles. The number of hydrogen-bond acceptors (Lipinski definition) is 6. The summed E-state index contributed by atoms with van der Waals surface area (Å²) in [5.74, 6) is 0. The van der Waals surface area contributed by atoms with Crippen LogP contribution in [0.15, 0.2) is 117 Å². The van der Waals surface area contributed by atoms with Crippen molar-refractivity contribution in [2.24, 2.45) is 20.0 Å². The molecule has 168 valence electrons. The molecule has 0 fully saturated rings. The summed E-state index contributed by atoms with van der Waals surface area (Å²) in [6, 6.07) is 33.2. The molecule has 4 rings (SSSR count). The van der Waals surface area contributed by atoms with Gasteiger partial charge in [0, 0.05) is 24.0 Å². The fourth-order valence-corrected chi connectivity index (χ4v) is 3.74. The number of hydrogen-bond donors (Lipinski definition) is 0. The summed E-state index contributed by atoms with van der Waals surface area (Å²) < 4.78 is 0. The predicted octanol–water partition coefficient (Wildman–Crippen LogP) is 6.94. The van der Waals surface area contributed by atoms with Crippen molar-refractivity contribution in [2.45, 2.75) is 12.8 Å². The summed E-state index contributed by atoms with van der Waals surface area (Å²) in [5, 5.41) is 0. The molecule has 0 spiro atoms. The van der Waals surface area contributed by atoms with Crippen LogP contribution in [-0.4, -0.2) is 18.2 Å². The van der Waals surface area contributed by atoms with Crippen molar-refractivity contribution in [3.63, 3.8) is 0 Å². The number of aliphatic imine (C=N–C) groups is 4. The fourth-order valence-electron chi connectivity index (χ4n) is 3.74. The lowest BCUT2D eigenvalue weighted by Crippen LogP contribution is -1.90. The molecule has 0 aromatic heterocycles. The fraction of sp³-hybridized carbons (Fsp3) is 0.0690. The molecular weight excluding hydrogens is 436 g/mol. The molecule has 0 N–H and O–H groups in total. The van der Waals surface area contributed by atoms with Crippen LogP contribution in [0, 0.1) is 0 Å². The van der Waals surface area contributed by atoms with E-state index in [1.165, 1.54) is 0 Å². The SMILES string of the molecule is O=C=Nc1cccc(N=C=Nc2cccc(N=C=O)c2Cc2ccccc2)c1Cc1ccccc1. The average molecular weight is 457 g/mol. The lowest BCUT2D eigenvalue weighted by Gasteiger charge is -2.08. The van der Waals surface area contributed by atoms with Gasteiger partial charge < -0.3 is 0 Å². The molecular formula is C29H20N4O2. The van der Waals surface area contributed by atoms with Gasteiger partial charge in [-0.2, -0.15) is 20.0 Å². The highest BCUT2D eigenvalue weighted by molar-refractivity contribution is 5.70. The van der Waals surface area contributed by atoms with Gasteiger partial charge in [0.2, 0.25) is 12.2 Å². The summed E-state index contributed by atoms with van der Waals surface area (Å²) >= 11 is 0. The minimum absolute atomic E-state index is 0.499. The molecule has 0 atom stereocenters. The number of benzene rings is 4. The van der Waals surface area contributed by atoms with Crippen LogP contribution in [0.3, 0.4) is 0 Å². The van der Waals surface area contributed by atoms with Gasteiger partial charge in [-0.05, 0) is 35.4 Å². The van der Waals surface area contributed by atoms with E-state index in [0.29, 0.717) is 35.6 Å². The molecule has 0 saturated carbocycles. The Morgan fingerprint density at radius 3 is 1.20 bits per heavy atom. The summed E-state index contributed by atoms with van der Waals surface area (Å²) in [7, 11) is 0. The zero-order chi connectivity index (χ0) is 24.3. The highest BCUT2D eigenvalue weighted by atomic mass is 16.1. The van der Waals surface area contributed by atoms with Crippen LogP contribution in [0.2, 0.25) is 0 Å².